The van der Waals surface area contributed by atoms with Crippen LogP contribution in [0.3, 0.4) is 0 Å². The average Bonchev–Trinajstić information content (AvgIpc) is 2.91. The van der Waals surface area contributed by atoms with Crippen molar-refractivity contribution in [2.75, 3.05) is 26.4 Å². The third kappa shape index (κ3) is 4.92. The summed E-state index contributed by atoms with van der Waals surface area (Å²) in [6.45, 7) is 24.3. The van der Waals surface area contributed by atoms with Gasteiger partial charge in [-0.3, -0.25) is 9.59 Å². The van der Waals surface area contributed by atoms with E-state index in [9.17, 15) is 14.7 Å². The molecule has 0 unspecified atom stereocenters. The second-order valence-corrected chi connectivity index (χ2v) is 17.1. The van der Waals surface area contributed by atoms with Crippen molar-refractivity contribution in [1.82, 2.24) is 5.32 Å². The minimum Gasteiger partial charge on any atom is -0.481 e. The minimum atomic E-state index is -0.634. The highest BCUT2D eigenvalue weighted by molar-refractivity contribution is 5.73. The fourth-order valence-electron chi connectivity index (χ4n) is 11.7. The van der Waals surface area contributed by atoms with Crippen LogP contribution >= 0.6 is 0 Å². The quantitative estimate of drug-likeness (QED) is 0.166. The van der Waals surface area contributed by atoms with Gasteiger partial charge in [-0.1, -0.05) is 74.0 Å². The molecule has 2 bridgehead atoms. The molecule has 1 heterocycles. The first kappa shape index (κ1) is 33.9. The fraction of sp³-hybridized carbons (Fsp3) is 0.892. The summed E-state index contributed by atoms with van der Waals surface area (Å²) in [6, 6.07) is 0.378. The van der Waals surface area contributed by atoms with Crippen molar-refractivity contribution >= 4 is 11.9 Å². The van der Waals surface area contributed by atoms with Crippen LogP contribution in [0.15, 0.2) is 11.6 Å². The van der Waals surface area contributed by atoms with Crippen LogP contribution in [0.2, 0.25) is 0 Å². The molecule has 11 atom stereocenters. The number of nitrogens with one attached hydrogen (secondary N) is 1. The molecule has 0 radical (unpaired) electrons. The Hall–Kier alpha value is -1.44. The molecule has 0 aromatic rings. The largest absolute Gasteiger partial charge is 0.481 e. The van der Waals surface area contributed by atoms with Crippen LogP contribution < -0.4 is 5.32 Å². The normalized spacial score (nSPS) is 45.5. The van der Waals surface area contributed by atoms with Gasteiger partial charge in [0, 0.05) is 30.3 Å². The third-order valence-corrected chi connectivity index (χ3v) is 14.3. The number of carbonyl (C=O) groups is 2. The SMILES string of the molecule is CC(=O)O[C@@H]1C[C@]23COC[C@@](C)([C@@H]2CC[C@H]2C3=CC[C@@]3(C)[C@H](C(=O)O)[C@@](C)([C@H](C)C(C)C)CC[C@]23C)[C@H]1OCCNC(C)C. The highest BCUT2D eigenvalue weighted by atomic mass is 16.6. The Morgan fingerprint density at radius 2 is 1.75 bits per heavy atom. The summed E-state index contributed by atoms with van der Waals surface area (Å²) >= 11 is 0. The topological polar surface area (TPSA) is 94.1 Å². The zero-order chi connectivity index (χ0) is 32.5. The maximum atomic E-state index is 13.3. The number of ether oxygens (including phenoxy) is 3. The van der Waals surface area contributed by atoms with Crippen molar-refractivity contribution in [3.63, 3.8) is 0 Å². The Morgan fingerprint density at radius 3 is 2.36 bits per heavy atom. The van der Waals surface area contributed by atoms with Crippen molar-refractivity contribution < 1.29 is 28.9 Å². The molecule has 5 rings (SSSR count). The highest BCUT2D eigenvalue weighted by Gasteiger charge is 2.72. The van der Waals surface area contributed by atoms with Gasteiger partial charge in [0.15, 0.2) is 0 Å². The van der Waals surface area contributed by atoms with Crippen LogP contribution in [-0.4, -0.2) is 61.7 Å². The number of carbonyl (C=O) groups excluding carboxylic acids is 1. The number of esters is 1. The Morgan fingerprint density at radius 1 is 1.05 bits per heavy atom. The lowest BCUT2D eigenvalue weighted by Crippen LogP contribution is -2.70. The predicted molar refractivity (Wildman–Crippen MR) is 172 cm³/mol. The Labute approximate surface area is 266 Å². The zero-order valence-electron chi connectivity index (χ0n) is 29.3. The second kappa shape index (κ2) is 11.7. The summed E-state index contributed by atoms with van der Waals surface area (Å²) in [7, 11) is 0. The van der Waals surface area contributed by atoms with Crippen LogP contribution in [0.5, 0.6) is 0 Å². The van der Waals surface area contributed by atoms with E-state index in [4.69, 9.17) is 14.2 Å². The zero-order valence-corrected chi connectivity index (χ0v) is 29.3. The van der Waals surface area contributed by atoms with E-state index in [2.05, 4.69) is 73.7 Å². The molecule has 0 aromatic heterocycles. The van der Waals surface area contributed by atoms with Gasteiger partial charge in [0.1, 0.15) is 12.2 Å². The number of fused-ring (bicyclic) bond motifs is 3. The van der Waals surface area contributed by atoms with E-state index in [-0.39, 0.29) is 51.2 Å². The summed E-state index contributed by atoms with van der Waals surface area (Å²) < 4.78 is 19.3. The summed E-state index contributed by atoms with van der Waals surface area (Å²) in [6.07, 6.45) is 7.42. The van der Waals surface area contributed by atoms with Gasteiger partial charge in [-0.25, -0.2) is 0 Å². The first-order valence-corrected chi connectivity index (χ1v) is 17.5. The van der Waals surface area contributed by atoms with E-state index < -0.39 is 11.9 Å². The molecule has 0 aromatic carbocycles. The number of aliphatic carboxylic acids is 1. The molecule has 4 aliphatic carbocycles. The van der Waals surface area contributed by atoms with E-state index in [1.54, 1.807) is 0 Å². The van der Waals surface area contributed by atoms with E-state index >= 15 is 0 Å². The van der Waals surface area contributed by atoms with Gasteiger partial charge in [-0.2, -0.15) is 0 Å². The van der Waals surface area contributed by atoms with Crippen molar-refractivity contribution in [2.45, 2.75) is 126 Å². The molecule has 1 aliphatic heterocycles. The Balaban J connectivity index is 1.55. The number of carboxylic acids is 1. The summed E-state index contributed by atoms with van der Waals surface area (Å²) in [5, 5.41) is 14.4. The molecular formula is C37H61NO6. The summed E-state index contributed by atoms with van der Waals surface area (Å²) in [4.78, 5) is 25.8. The maximum absolute atomic E-state index is 13.3. The van der Waals surface area contributed by atoms with Crippen molar-refractivity contribution in [3.8, 4) is 0 Å². The Bertz CT molecular complexity index is 1150. The average molecular weight is 616 g/mol. The smallest absolute Gasteiger partial charge is 0.307 e. The van der Waals surface area contributed by atoms with Gasteiger partial charge >= 0.3 is 11.9 Å². The molecule has 0 spiro atoms. The van der Waals surface area contributed by atoms with Crippen molar-refractivity contribution in [1.29, 1.82) is 0 Å². The first-order chi connectivity index (χ1) is 20.5. The van der Waals surface area contributed by atoms with Crippen molar-refractivity contribution in [2.24, 2.45) is 56.7 Å². The van der Waals surface area contributed by atoms with Crippen LogP contribution in [-0.2, 0) is 23.8 Å². The van der Waals surface area contributed by atoms with Gasteiger partial charge in [-0.05, 0) is 78.4 Å². The lowest BCUT2D eigenvalue weighted by atomic mass is 9.34. The second-order valence-electron chi connectivity index (χ2n) is 17.1. The van der Waals surface area contributed by atoms with Gasteiger partial charge in [-0.15, -0.1) is 0 Å². The maximum Gasteiger partial charge on any atom is 0.307 e. The van der Waals surface area contributed by atoms with E-state index in [0.29, 0.717) is 50.0 Å². The van der Waals surface area contributed by atoms with E-state index in [1.165, 1.54) is 12.5 Å². The minimum absolute atomic E-state index is 0.142. The van der Waals surface area contributed by atoms with Crippen LogP contribution in [0.1, 0.15) is 108 Å². The third-order valence-electron chi connectivity index (χ3n) is 14.3. The number of rotatable bonds is 9. The molecular weight excluding hydrogens is 554 g/mol. The summed E-state index contributed by atoms with van der Waals surface area (Å²) in [5.74, 6) is 0.0741. The van der Waals surface area contributed by atoms with Gasteiger partial charge in [0.05, 0.1) is 25.7 Å². The molecule has 7 nitrogen and oxygen atoms in total. The molecule has 44 heavy (non-hydrogen) atoms. The van der Waals surface area contributed by atoms with Crippen LogP contribution in [0.4, 0.5) is 0 Å². The first-order valence-electron chi connectivity index (χ1n) is 17.5. The number of carboxylic acid groups (broad SMARTS) is 1. The molecule has 4 fully saturated rings. The van der Waals surface area contributed by atoms with Gasteiger partial charge < -0.3 is 24.6 Å². The number of hydrogen-bond acceptors (Lipinski definition) is 6. The molecule has 250 valence electrons. The Kier molecular flexibility index (Phi) is 8.99. The lowest BCUT2D eigenvalue weighted by Gasteiger charge is -2.71. The molecule has 0 amide bonds. The lowest BCUT2D eigenvalue weighted by molar-refractivity contribution is -0.266. The van der Waals surface area contributed by atoms with Crippen LogP contribution in [0, 0.1) is 56.7 Å². The number of hydrogen-bond donors (Lipinski definition) is 2. The highest BCUT2D eigenvalue weighted by Crippen LogP contribution is 2.75. The molecule has 7 heteroatoms. The van der Waals surface area contributed by atoms with Gasteiger partial charge in [0.25, 0.3) is 0 Å². The predicted octanol–water partition coefficient (Wildman–Crippen LogP) is 6.89. The summed E-state index contributed by atoms with van der Waals surface area (Å²) in [5.41, 5.74) is 0.175. The standard InChI is InChI=1S/C37H61NO6/c1-22(2)24(5)33(7)15-16-35(9)26-11-12-29-34(8)20-42-21-37(29,27(26)13-14-36(35,10)30(33)32(40)41)19-28(44-25(6)39)31(34)43-18-17-38-23(3)4/h13,22-24,26,28-31,38H,11-12,14-21H2,1-10H3,(H,40,41)/t24-,26+,28-,29+,30-,31+,33-,34+,35-,36+,37-/m1/s1. The van der Waals surface area contributed by atoms with Gasteiger partial charge in [0.2, 0.25) is 0 Å². The fourth-order valence-corrected chi connectivity index (χ4v) is 11.7. The van der Waals surface area contributed by atoms with Crippen molar-refractivity contribution in [3.05, 3.63) is 11.6 Å². The van der Waals surface area contributed by atoms with E-state index in [0.717, 1.165) is 38.6 Å². The van der Waals surface area contributed by atoms with Crippen LogP contribution in [0.25, 0.3) is 0 Å². The molecule has 3 saturated carbocycles. The molecule has 1 saturated heterocycles. The monoisotopic (exact) mass is 615 g/mol. The number of allylic oxidation sites excluding steroid dienone is 1. The molecule has 2 N–H and O–H groups in total. The molecule has 5 aliphatic rings. The van der Waals surface area contributed by atoms with E-state index in [1.807, 2.05) is 0 Å².